The minimum atomic E-state index is -0.244. The van der Waals surface area contributed by atoms with E-state index < -0.39 is 0 Å². The number of fused-ring (bicyclic) bond motifs is 1. The van der Waals surface area contributed by atoms with Gasteiger partial charge in [-0.15, -0.1) is 0 Å². The molecule has 162 valence electrons. The Labute approximate surface area is 179 Å². The van der Waals surface area contributed by atoms with Crippen molar-refractivity contribution >= 4 is 16.9 Å². The molecular weight excluding hydrogens is 400 g/mol. The molecule has 9 heteroatoms. The fourth-order valence-corrected chi connectivity index (χ4v) is 3.43. The van der Waals surface area contributed by atoms with Crippen LogP contribution in [-0.2, 0) is 9.53 Å². The number of amides is 1. The first-order valence-electron chi connectivity index (χ1n) is 9.92. The lowest BCUT2D eigenvalue weighted by Crippen LogP contribution is -2.46. The molecule has 4 rings (SSSR count). The van der Waals surface area contributed by atoms with Gasteiger partial charge in [0, 0.05) is 37.5 Å². The molecule has 1 aromatic carbocycles. The molecule has 1 aliphatic rings. The van der Waals surface area contributed by atoms with E-state index in [1.54, 1.807) is 44.5 Å². The van der Waals surface area contributed by atoms with Crippen LogP contribution in [0.4, 0.5) is 0 Å². The number of hydrogen-bond donors (Lipinski definition) is 0. The maximum absolute atomic E-state index is 11.7. The molecule has 0 saturated carbocycles. The van der Waals surface area contributed by atoms with Gasteiger partial charge in [-0.25, -0.2) is 9.97 Å². The molecule has 1 amide bonds. The predicted octanol–water partition coefficient (Wildman–Crippen LogP) is 2.34. The first kappa shape index (κ1) is 20.8. The van der Waals surface area contributed by atoms with Crippen molar-refractivity contribution in [3.05, 3.63) is 36.7 Å². The second-order valence-electron chi connectivity index (χ2n) is 7.11. The first-order valence-corrected chi connectivity index (χ1v) is 9.92. The molecule has 3 heterocycles. The van der Waals surface area contributed by atoms with Crippen molar-refractivity contribution in [3.8, 4) is 28.6 Å². The summed E-state index contributed by atoms with van der Waals surface area (Å²) in [6.07, 6.45) is 2.98. The van der Waals surface area contributed by atoms with Gasteiger partial charge >= 0.3 is 0 Å². The molecule has 1 atom stereocenters. The van der Waals surface area contributed by atoms with E-state index in [9.17, 15) is 4.79 Å². The summed E-state index contributed by atoms with van der Waals surface area (Å²) >= 11 is 0. The molecule has 3 aromatic rings. The van der Waals surface area contributed by atoms with Gasteiger partial charge in [-0.3, -0.25) is 9.78 Å². The Bertz CT molecular complexity index is 1070. The number of aromatic nitrogens is 3. The fraction of sp³-hybridized carbons (Fsp3) is 0.364. The van der Waals surface area contributed by atoms with Crippen molar-refractivity contribution in [1.29, 1.82) is 0 Å². The van der Waals surface area contributed by atoms with Gasteiger partial charge in [0.1, 0.15) is 24.2 Å². The lowest BCUT2D eigenvalue weighted by molar-refractivity contribution is -0.137. The lowest BCUT2D eigenvalue weighted by Gasteiger charge is -2.32. The van der Waals surface area contributed by atoms with Crippen LogP contribution < -0.4 is 14.2 Å². The largest absolute Gasteiger partial charge is 0.497 e. The topological polar surface area (TPSA) is 95.9 Å². The second kappa shape index (κ2) is 9.13. The SMILES string of the molecule is COc1cc(OC)cc(-c2cc3nccnc3c(OC[C@@H]3CN(C(C)=O)CCO3)n2)c1. The monoisotopic (exact) mass is 424 g/mol. The van der Waals surface area contributed by atoms with Crippen LogP contribution in [0.15, 0.2) is 36.7 Å². The Morgan fingerprint density at radius 1 is 1.13 bits per heavy atom. The van der Waals surface area contributed by atoms with Gasteiger partial charge in [0.2, 0.25) is 11.8 Å². The number of hydrogen-bond acceptors (Lipinski definition) is 8. The summed E-state index contributed by atoms with van der Waals surface area (Å²) in [6.45, 7) is 3.34. The highest BCUT2D eigenvalue weighted by Gasteiger charge is 2.23. The molecule has 9 nitrogen and oxygen atoms in total. The third kappa shape index (κ3) is 4.66. The van der Waals surface area contributed by atoms with Gasteiger partial charge in [0.25, 0.3) is 0 Å². The Balaban J connectivity index is 1.65. The quantitative estimate of drug-likeness (QED) is 0.595. The summed E-state index contributed by atoms with van der Waals surface area (Å²) in [4.78, 5) is 26.9. The maximum Gasteiger partial charge on any atom is 0.242 e. The smallest absolute Gasteiger partial charge is 0.242 e. The molecule has 31 heavy (non-hydrogen) atoms. The van der Waals surface area contributed by atoms with Gasteiger partial charge in [-0.1, -0.05) is 0 Å². The predicted molar refractivity (Wildman–Crippen MR) is 113 cm³/mol. The highest BCUT2D eigenvalue weighted by molar-refractivity contribution is 5.83. The zero-order valence-corrected chi connectivity index (χ0v) is 17.7. The molecule has 0 N–H and O–H groups in total. The summed E-state index contributed by atoms with van der Waals surface area (Å²) in [5.41, 5.74) is 2.65. The lowest BCUT2D eigenvalue weighted by atomic mass is 10.1. The number of carbonyl (C=O) groups is 1. The zero-order chi connectivity index (χ0) is 21.8. The maximum atomic E-state index is 11.7. The number of nitrogens with zero attached hydrogens (tertiary/aromatic N) is 4. The van der Waals surface area contributed by atoms with Crippen molar-refractivity contribution in [2.24, 2.45) is 0 Å². The highest BCUT2D eigenvalue weighted by Crippen LogP contribution is 2.32. The molecule has 0 bridgehead atoms. The Morgan fingerprint density at radius 2 is 1.87 bits per heavy atom. The van der Waals surface area contributed by atoms with Crippen molar-refractivity contribution in [1.82, 2.24) is 19.9 Å². The molecule has 0 aliphatic carbocycles. The molecule has 2 aromatic heterocycles. The summed E-state index contributed by atoms with van der Waals surface area (Å²) in [6, 6.07) is 7.37. The molecule has 1 saturated heterocycles. The number of morpholine rings is 1. The van der Waals surface area contributed by atoms with Crippen LogP contribution >= 0.6 is 0 Å². The summed E-state index contributed by atoms with van der Waals surface area (Å²) in [7, 11) is 3.20. The number of carbonyl (C=O) groups excluding carboxylic acids is 1. The van der Waals surface area contributed by atoms with Crippen molar-refractivity contribution in [2.45, 2.75) is 13.0 Å². The summed E-state index contributed by atoms with van der Waals surface area (Å²) in [5.74, 6) is 1.68. The van der Waals surface area contributed by atoms with Crippen molar-refractivity contribution in [2.75, 3.05) is 40.5 Å². The van der Waals surface area contributed by atoms with Gasteiger partial charge in [-0.2, -0.15) is 0 Å². The third-order valence-electron chi connectivity index (χ3n) is 5.06. The minimum absolute atomic E-state index is 0.0247. The summed E-state index contributed by atoms with van der Waals surface area (Å²) < 4.78 is 22.5. The van der Waals surface area contributed by atoms with Gasteiger partial charge in [0.05, 0.1) is 38.6 Å². The average Bonchev–Trinajstić information content (AvgIpc) is 2.82. The number of ether oxygens (including phenoxy) is 4. The normalized spacial score (nSPS) is 16.2. The van der Waals surface area contributed by atoms with E-state index in [2.05, 4.69) is 15.0 Å². The van der Waals surface area contributed by atoms with E-state index in [0.717, 1.165) is 5.56 Å². The van der Waals surface area contributed by atoms with Crippen LogP contribution in [0, 0.1) is 0 Å². The minimum Gasteiger partial charge on any atom is -0.497 e. The van der Waals surface area contributed by atoms with Crippen LogP contribution in [0.5, 0.6) is 17.4 Å². The number of rotatable bonds is 6. The van der Waals surface area contributed by atoms with E-state index in [4.69, 9.17) is 18.9 Å². The molecule has 0 spiro atoms. The molecule has 0 unspecified atom stereocenters. The van der Waals surface area contributed by atoms with E-state index >= 15 is 0 Å². The van der Waals surface area contributed by atoms with Crippen molar-refractivity contribution < 1.29 is 23.7 Å². The van der Waals surface area contributed by atoms with Crippen LogP contribution in [0.2, 0.25) is 0 Å². The molecule has 0 radical (unpaired) electrons. The van der Waals surface area contributed by atoms with E-state index in [-0.39, 0.29) is 18.6 Å². The number of methoxy groups -OCH3 is 2. The van der Waals surface area contributed by atoms with Gasteiger partial charge < -0.3 is 23.8 Å². The van der Waals surface area contributed by atoms with E-state index in [1.807, 2.05) is 18.2 Å². The zero-order valence-electron chi connectivity index (χ0n) is 17.7. The first-order chi connectivity index (χ1) is 15.1. The highest BCUT2D eigenvalue weighted by atomic mass is 16.5. The third-order valence-corrected chi connectivity index (χ3v) is 5.06. The molecule has 1 fully saturated rings. The van der Waals surface area contributed by atoms with Crippen LogP contribution in [0.25, 0.3) is 22.3 Å². The number of benzene rings is 1. The summed E-state index contributed by atoms with van der Waals surface area (Å²) in [5, 5.41) is 0. The van der Waals surface area contributed by atoms with Gasteiger partial charge in [0.15, 0.2) is 5.52 Å². The van der Waals surface area contributed by atoms with E-state index in [0.29, 0.717) is 53.8 Å². The second-order valence-corrected chi connectivity index (χ2v) is 7.11. The van der Waals surface area contributed by atoms with Crippen LogP contribution in [0.1, 0.15) is 6.92 Å². The number of pyridine rings is 1. The fourth-order valence-electron chi connectivity index (χ4n) is 3.43. The van der Waals surface area contributed by atoms with Crippen LogP contribution in [-0.4, -0.2) is 72.4 Å². The van der Waals surface area contributed by atoms with Crippen LogP contribution in [0.3, 0.4) is 0 Å². The van der Waals surface area contributed by atoms with Crippen molar-refractivity contribution in [3.63, 3.8) is 0 Å². The molecule has 1 aliphatic heterocycles. The Hall–Kier alpha value is -3.46. The van der Waals surface area contributed by atoms with E-state index in [1.165, 1.54) is 0 Å². The van der Waals surface area contributed by atoms with Gasteiger partial charge in [-0.05, 0) is 18.2 Å². The Kier molecular flexibility index (Phi) is 6.13. The molecular formula is C22H24N4O5. The average molecular weight is 424 g/mol. The standard InChI is InChI=1S/C22H24N4O5/c1-14(27)26-6-7-30-18(12-26)13-31-22-21-20(23-4-5-24-21)11-19(25-22)15-8-16(28-2)10-17(9-15)29-3/h4-5,8-11,18H,6-7,12-13H2,1-3H3/t18-/m0/s1. The Morgan fingerprint density at radius 3 is 2.58 bits per heavy atom.